The fourth-order valence-electron chi connectivity index (χ4n) is 2.44. The van der Waals surface area contributed by atoms with Gasteiger partial charge in [-0.15, -0.1) is 0 Å². The molecule has 114 valence electrons. The number of hydrogen-bond donors (Lipinski definition) is 2. The SMILES string of the molecule is N#CC(=N)C(C#N)=Nc1c2[nH]c(C#N)c(C#N)nc-2c2ccccc12. The predicted octanol–water partition coefficient (Wildman–Crippen LogP) is 2.55. The molecule has 8 nitrogen and oxygen atoms in total. The van der Waals surface area contributed by atoms with Gasteiger partial charge in [-0.3, -0.25) is 5.41 Å². The first kappa shape index (κ1) is 15.4. The van der Waals surface area contributed by atoms with Crippen LogP contribution in [-0.2, 0) is 0 Å². The third-order valence-electron chi connectivity index (χ3n) is 3.52. The minimum Gasteiger partial charge on any atom is -0.341 e. The van der Waals surface area contributed by atoms with Crippen LogP contribution in [0.1, 0.15) is 11.4 Å². The maximum absolute atomic E-state index is 9.19. The third-order valence-corrected chi connectivity index (χ3v) is 3.52. The molecule has 0 amide bonds. The van der Waals surface area contributed by atoms with E-state index in [0.717, 1.165) is 0 Å². The van der Waals surface area contributed by atoms with Crippen LogP contribution in [0.4, 0.5) is 5.69 Å². The Morgan fingerprint density at radius 3 is 2.36 bits per heavy atom. The summed E-state index contributed by atoms with van der Waals surface area (Å²) < 4.78 is 0. The highest BCUT2D eigenvalue weighted by molar-refractivity contribution is 6.52. The minimum atomic E-state index is -0.567. The lowest BCUT2D eigenvalue weighted by atomic mass is 10.2. The van der Waals surface area contributed by atoms with Crippen molar-refractivity contribution >= 4 is 27.9 Å². The molecule has 1 aliphatic carbocycles. The first-order chi connectivity index (χ1) is 12.1. The second-order valence-electron chi connectivity index (χ2n) is 4.86. The highest BCUT2D eigenvalue weighted by Crippen LogP contribution is 2.42. The Bertz CT molecular complexity index is 1200. The molecule has 0 spiro atoms. The van der Waals surface area contributed by atoms with E-state index in [1.54, 1.807) is 36.4 Å². The number of benzene rings is 1. The average molecular weight is 322 g/mol. The minimum absolute atomic E-state index is 0.0318. The third kappa shape index (κ3) is 2.33. The molecule has 1 heterocycles. The van der Waals surface area contributed by atoms with Crippen LogP contribution in [-0.4, -0.2) is 21.4 Å². The number of H-pyrrole nitrogens is 1. The number of hydrogen-bond acceptors (Lipinski definition) is 7. The van der Waals surface area contributed by atoms with Crippen molar-refractivity contribution in [3.8, 4) is 35.7 Å². The van der Waals surface area contributed by atoms with Crippen LogP contribution >= 0.6 is 0 Å². The lowest BCUT2D eigenvalue weighted by Gasteiger charge is -2.04. The normalized spacial score (nSPS) is 10.6. The molecule has 1 aliphatic heterocycles. The van der Waals surface area contributed by atoms with Gasteiger partial charge < -0.3 is 4.98 Å². The lowest BCUT2D eigenvalue weighted by molar-refractivity contribution is 1.14. The molecular weight excluding hydrogens is 316 g/mol. The van der Waals surface area contributed by atoms with Gasteiger partial charge in [-0.25, -0.2) is 9.98 Å². The summed E-state index contributed by atoms with van der Waals surface area (Å²) in [5, 5.41) is 45.2. The van der Waals surface area contributed by atoms with Gasteiger partial charge in [0.05, 0.1) is 17.1 Å². The number of nitrogens with zero attached hydrogens (tertiary/aromatic N) is 6. The number of nitrogens with one attached hydrogen (secondary N) is 2. The quantitative estimate of drug-likeness (QED) is 0.692. The molecule has 3 rings (SSSR count). The maximum Gasteiger partial charge on any atom is 0.177 e. The van der Waals surface area contributed by atoms with Crippen LogP contribution in [0, 0.1) is 50.7 Å². The molecule has 1 aromatic rings. The Balaban J connectivity index is 2.47. The summed E-state index contributed by atoms with van der Waals surface area (Å²) in [6.45, 7) is 0. The van der Waals surface area contributed by atoms with Crippen LogP contribution in [0.15, 0.2) is 29.3 Å². The molecule has 25 heavy (non-hydrogen) atoms. The second kappa shape index (κ2) is 5.93. The zero-order chi connectivity index (χ0) is 18.0. The number of fused-ring (bicyclic) bond motifs is 3. The van der Waals surface area contributed by atoms with Gasteiger partial charge in [-0.1, -0.05) is 24.3 Å². The summed E-state index contributed by atoms with van der Waals surface area (Å²) in [7, 11) is 0. The molecule has 0 aromatic heterocycles. The highest BCUT2D eigenvalue weighted by atomic mass is 14.9. The number of aromatic nitrogens is 2. The fourth-order valence-corrected chi connectivity index (χ4v) is 2.44. The maximum atomic E-state index is 9.19. The lowest BCUT2D eigenvalue weighted by Crippen LogP contribution is -2.07. The van der Waals surface area contributed by atoms with Gasteiger partial charge in [0, 0.05) is 10.8 Å². The summed E-state index contributed by atoms with van der Waals surface area (Å²) in [4.78, 5) is 11.2. The highest BCUT2D eigenvalue weighted by Gasteiger charge is 2.23. The topological polar surface area (TPSA) is 160 Å². The molecule has 0 radical (unpaired) electrons. The number of nitriles is 4. The average Bonchev–Trinajstić information content (AvgIpc) is 2.97. The van der Waals surface area contributed by atoms with E-state index in [-0.39, 0.29) is 22.8 Å². The molecule has 0 saturated carbocycles. The predicted molar refractivity (Wildman–Crippen MR) is 88.2 cm³/mol. The van der Waals surface area contributed by atoms with Crippen LogP contribution < -0.4 is 0 Å². The fraction of sp³-hybridized carbons (Fsp3) is 0. The van der Waals surface area contributed by atoms with Crippen molar-refractivity contribution in [2.45, 2.75) is 0 Å². The zero-order valence-corrected chi connectivity index (χ0v) is 12.5. The van der Waals surface area contributed by atoms with Gasteiger partial charge in [0.1, 0.15) is 24.3 Å². The van der Waals surface area contributed by atoms with Crippen LogP contribution in [0.25, 0.3) is 22.2 Å². The summed E-state index contributed by atoms with van der Waals surface area (Å²) >= 11 is 0. The van der Waals surface area contributed by atoms with Gasteiger partial charge in [0.2, 0.25) is 0 Å². The van der Waals surface area contributed by atoms with E-state index in [9.17, 15) is 5.26 Å². The van der Waals surface area contributed by atoms with Crippen LogP contribution in [0.3, 0.4) is 0 Å². The standard InChI is InChI=1S/C17H6N8/c18-5-11(22)12(6-19)23-15-9-3-1-2-4-10(9)16-17(15)25-14(8-21)13(7-20)24-16/h1-4,22,25H. The van der Waals surface area contributed by atoms with Crippen molar-refractivity contribution in [3.63, 3.8) is 0 Å². The number of aromatic amines is 1. The largest absolute Gasteiger partial charge is 0.341 e. The Labute approximate surface area is 141 Å². The van der Waals surface area contributed by atoms with Crippen molar-refractivity contribution in [2.75, 3.05) is 0 Å². The molecular formula is C17H6N8. The summed E-state index contributed by atoms with van der Waals surface area (Å²) in [6.07, 6.45) is 0. The van der Waals surface area contributed by atoms with E-state index in [0.29, 0.717) is 22.2 Å². The molecule has 0 bridgehead atoms. The van der Waals surface area contributed by atoms with E-state index < -0.39 is 5.71 Å². The molecule has 2 N–H and O–H groups in total. The van der Waals surface area contributed by atoms with E-state index >= 15 is 0 Å². The monoisotopic (exact) mass is 322 g/mol. The van der Waals surface area contributed by atoms with Crippen LogP contribution in [0.2, 0.25) is 0 Å². The number of rotatable bonds is 2. The van der Waals surface area contributed by atoms with Crippen molar-refractivity contribution in [1.82, 2.24) is 9.97 Å². The Hall–Kier alpha value is -4.53. The van der Waals surface area contributed by atoms with Gasteiger partial charge in [-0.05, 0) is 0 Å². The van der Waals surface area contributed by atoms with E-state index in [4.69, 9.17) is 21.2 Å². The summed E-state index contributed by atoms with van der Waals surface area (Å²) in [6, 6.07) is 14.1. The van der Waals surface area contributed by atoms with Gasteiger partial charge >= 0.3 is 0 Å². The molecule has 0 fully saturated rings. The summed E-state index contributed by atoms with van der Waals surface area (Å²) in [5.74, 6) is 0. The van der Waals surface area contributed by atoms with E-state index in [1.165, 1.54) is 0 Å². The second-order valence-corrected chi connectivity index (χ2v) is 4.86. The van der Waals surface area contributed by atoms with E-state index in [1.807, 2.05) is 12.1 Å². The van der Waals surface area contributed by atoms with Gasteiger partial charge in [0.25, 0.3) is 0 Å². The van der Waals surface area contributed by atoms with Crippen molar-refractivity contribution in [3.05, 3.63) is 35.7 Å². The van der Waals surface area contributed by atoms with Crippen LogP contribution in [0.5, 0.6) is 0 Å². The molecule has 0 unspecified atom stereocenters. The van der Waals surface area contributed by atoms with Crippen molar-refractivity contribution in [1.29, 1.82) is 26.5 Å². The van der Waals surface area contributed by atoms with Crippen molar-refractivity contribution < 1.29 is 0 Å². The van der Waals surface area contributed by atoms with Gasteiger partial charge in [-0.2, -0.15) is 21.0 Å². The first-order valence-corrected chi connectivity index (χ1v) is 6.87. The van der Waals surface area contributed by atoms with E-state index in [2.05, 4.69) is 15.0 Å². The number of aliphatic imine (C=N–C) groups is 1. The Kier molecular flexibility index (Phi) is 3.64. The molecule has 2 aliphatic rings. The Morgan fingerprint density at radius 1 is 1.04 bits per heavy atom. The molecule has 0 saturated heterocycles. The Morgan fingerprint density at radius 2 is 1.76 bits per heavy atom. The van der Waals surface area contributed by atoms with Gasteiger partial charge in [0.15, 0.2) is 22.8 Å². The van der Waals surface area contributed by atoms with Crippen molar-refractivity contribution in [2.24, 2.45) is 4.99 Å². The molecule has 0 atom stereocenters. The molecule has 8 heteroatoms. The summed E-state index contributed by atoms with van der Waals surface area (Å²) in [5.41, 5.74) is 0.0678. The first-order valence-electron chi connectivity index (χ1n) is 6.87. The molecule has 1 aromatic carbocycles. The smallest absolute Gasteiger partial charge is 0.177 e. The zero-order valence-electron chi connectivity index (χ0n) is 12.5.